The zero-order valence-corrected chi connectivity index (χ0v) is 9.61. The summed E-state index contributed by atoms with van der Waals surface area (Å²) >= 11 is 0. The minimum Gasteiger partial charge on any atom is -0.478 e. The van der Waals surface area contributed by atoms with Gasteiger partial charge in [0, 0.05) is 6.08 Å². The standard InChI is InChI=1S/C13H16O4/c1-10(12(14)7-8-13(15)16)17-9-11-5-3-2-4-6-11/h2-8,10,12,14H,9H2,1H3,(H,15,16)/b8-7+/t10-,12+/m1/s1. The molecule has 0 amide bonds. The van der Waals surface area contributed by atoms with Gasteiger partial charge >= 0.3 is 5.97 Å². The molecule has 1 aromatic carbocycles. The Morgan fingerprint density at radius 1 is 1.41 bits per heavy atom. The van der Waals surface area contributed by atoms with E-state index in [4.69, 9.17) is 9.84 Å². The number of carboxylic acids is 1. The highest BCUT2D eigenvalue weighted by Crippen LogP contribution is 2.06. The van der Waals surface area contributed by atoms with E-state index in [9.17, 15) is 9.90 Å². The number of benzene rings is 1. The molecular formula is C13H16O4. The summed E-state index contributed by atoms with van der Waals surface area (Å²) in [5.41, 5.74) is 1.01. The number of hydrogen-bond acceptors (Lipinski definition) is 3. The zero-order valence-electron chi connectivity index (χ0n) is 9.61. The van der Waals surface area contributed by atoms with Crippen LogP contribution < -0.4 is 0 Å². The molecule has 1 rings (SSSR count). The van der Waals surface area contributed by atoms with Gasteiger partial charge in [0.1, 0.15) is 0 Å². The minimum atomic E-state index is -1.08. The zero-order chi connectivity index (χ0) is 12.7. The van der Waals surface area contributed by atoms with Crippen LogP contribution in [0.25, 0.3) is 0 Å². The molecule has 0 saturated heterocycles. The minimum absolute atomic E-state index is 0.389. The molecule has 92 valence electrons. The summed E-state index contributed by atoms with van der Waals surface area (Å²) in [5, 5.41) is 18.0. The SMILES string of the molecule is C[C@@H](OCc1ccccc1)[C@@H](O)/C=C/C(=O)O. The lowest BCUT2D eigenvalue weighted by Crippen LogP contribution is -2.24. The molecule has 1 aromatic rings. The molecular weight excluding hydrogens is 220 g/mol. The molecule has 0 aliphatic carbocycles. The Kier molecular flexibility index (Phi) is 5.39. The molecule has 0 fully saturated rings. The lowest BCUT2D eigenvalue weighted by Gasteiger charge is -2.16. The van der Waals surface area contributed by atoms with E-state index in [2.05, 4.69) is 0 Å². The number of aliphatic hydroxyl groups excluding tert-OH is 1. The fraction of sp³-hybridized carbons (Fsp3) is 0.308. The fourth-order valence-electron chi connectivity index (χ4n) is 1.24. The van der Waals surface area contributed by atoms with Gasteiger partial charge in [0.05, 0.1) is 18.8 Å². The quantitative estimate of drug-likeness (QED) is 0.736. The summed E-state index contributed by atoms with van der Waals surface area (Å²) in [6.45, 7) is 2.08. The maximum absolute atomic E-state index is 10.3. The first-order chi connectivity index (χ1) is 8.09. The second-order valence-corrected chi connectivity index (χ2v) is 3.69. The Bertz CT molecular complexity index is 372. The molecule has 2 N–H and O–H groups in total. The van der Waals surface area contributed by atoms with E-state index in [-0.39, 0.29) is 0 Å². The topological polar surface area (TPSA) is 66.8 Å². The van der Waals surface area contributed by atoms with Crippen molar-refractivity contribution in [3.63, 3.8) is 0 Å². The number of hydrogen-bond donors (Lipinski definition) is 2. The molecule has 0 spiro atoms. The van der Waals surface area contributed by atoms with Crippen LogP contribution in [0.3, 0.4) is 0 Å². The number of carbonyl (C=O) groups is 1. The third-order valence-corrected chi connectivity index (χ3v) is 2.27. The van der Waals surface area contributed by atoms with E-state index < -0.39 is 18.2 Å². The van der Waals surface area contributed by atoms with Gasteiger partial charge in [0.25, 0.3) is 0 Å². The molecule has 4 nitrogen and oxygen atoms in total. The Morgan fingerprint density at radius 2 is 2.06 bits per heavy atom. The van der Waals surface area contributed by atoms with Gasteiger partial charge in [-0.05, 0) is 18.6 Å². The molecule has 0 aromatic heterocycles. The number of carboxylic acid groups (broad SMARTS) is 1. The summed E-state index contributed by atoms with van der Waals surface area (Å²) in [6.07, 6.45) is 0.742. The molecule has 0 aliphatic heterocycles. The molecule has 0 bridgehead atoms. The van der Waals surface area contributed by atoms with Crippen molar-refractivity contribution >= 4 is 5.97 Å². The fourth-order valence-corrected chi connectivity index (χ4v) is 1.24. The van der Waals surface area contributed by atoms with Gasteiger partial charge in [-0.25, -0.2) is 4.79 Å². The van der Waals surface area contributed by atoms with Crippen molar-refractivity contribution < 1.29 is 19.7 Å². The van der Waals surface area contributed by atoms with Crippen molar-refractivity contribution in [2.45, 2.75) is 25.7 Å². The van der Waals surface area contributed by atoms with E-state index in [1.807, 2.05) is 30.3 Å². The first kappa shape index (κ1) is 13.4. The van der Waals surface area contributed by atoms with Crippen LogP contribution in [0, 0.1) is 0 Å². The van der Waals surface area contributed by atoms with E-state index >= 15 is 0 Å². The van der Waals surface area contributed by atoms with Crippen LogP contribution in [-0.2, 0) is 16.1 Å². The molecule has 2 atom stereocenters. The van der Waals surface area contributed by atoms with Crippen molar-refractivity contribution in [2.75, 3.05) is 0 Å². The van der Waals surface area contributed by atoms with Crippen molar-refractivity contribution in [1.82, 2.24) is 0 Å². The highest BCUT2D eigenvalue weighted by molar-refractivity contribution is 5.79. The van der Waals surface area contributed by atoms with Crippen molar-refractivity contribution in [3.05, 3.63) is 48.0 Å². The Labute approximate surface area is 100 Å². The highest BCUT2D eigenvalue weighted by atomic mass is 16.5. The van der Waals surface area contributed by atoms with Gasteiger partial charge in [0.15, 0.2) is 0 Å². The molecule has 0 radical (unpaired) electrons. The summed E-state index contributed by atoms with van der Waals surface area (Å²) in [4.78, 5) is 10.3. The maximum atomic E-state index is 10.3. The van der Waals surface area contributed by atoms with Crippen molar-refractivity contribution in [1.29, 1.82) is 0 Å². The summed E-state index contributed by atoms with van der Waals surface area (Å²) in [7, 11) is 0. The maximum Gasteiger partial charge on any atom is 0.328 e. The Hall–Kier alpha value is -1.65. The van der Waals surface area contributed by atoms with Crippen molar-refractivity contribution in [2.24, 2.45) is 0 Å². The Balaban J connectivity index is 2.39. The summed E-state index contributed by atoms with van der Waals surface area (Å²) in [5.74, 6) is -1.08. The van der Waals surface area contributed by atoms with Crippen LogP contribution in [0.5, 0.6) is 0 Å². The van der Waals surface area contributed by atoms with Gasteiger partial charge in [-0.2, -0.15) is 0 Å². The normalized spacial score (nSPS) is 14.7. The van der Waals surface area contributed by atoms with E-state index in [0.29, 0.717) is 6.61 Å². The van der Waals surface area contributed by atoms with Crippen LogP contribution in [0.4, 0.5) is 0 Å². The average molecular weight is 236 g/mol. The van der Waals surface area contributed by atoms with Crippen LogP contribution in [0.1, 0.15) is 12.5 Å². The van der Waals surface area contributed by atoms with Crippen LogP contribution in [0.2, 0.25) is 0 Å². The first-order valence-corrected chi connectivity index (χ1v) is 5.34. The second kappa shape index (κ2) is 6.83. The summed E-state index contributed by atoms with van der Waals surface area (Å²) < 4.78 is 5.43. The number of aliphatic hydroxyl groups is 1. The molecule has 4 heteroatoms. The predicted molar refractivity (Wildman–Crippen MR) is 63.5 cm³/mol. The lowest BCUT2D eigenvalue weighted by molar-refractivity contribution is -0.131. The van der Waals surface area contributed by atoms with Gasteiger partial charge in [-0.3, -0.25) is 0 Å². The average Bonchev–Trinajstić information content (AvgIpc) is 2.34. The number of ether oxygens (including phenoxy) is 1. The van der Waals surface area contributed by atoms with Gasteiger partial charge in [0.2, 0.25) is 0 Å². The largest absolute Gasteiger partial charge is 0.478 e. The first-order valence-electron chi connectivity index (χ1n) is 5.34. The third-order valence-electron chi connectivity index (χ3n) is 2.27. The number of rotatable bonds is 6. The second-order valence-electron chi connectivity index (χ2n) is 3.69. The van der Waals surface area contributed by atoms with Gasteiger partial charge in [-0.1, -0.05) is 30.3 Å². The molecule has 0 saturated carbocycles. The highest BCUT2D eigenvalue weighted by Gasteiger charge is 2.11. The van der Waals surface area contributed by atoms with E-state index in [0.717, 1.165) is 11.6 Å². The van der Waals surface area contributed by atoms with E-state index in [1.54, 1.807) is 6.92 Å². The molecule has 0 aliphatic rings. The van der Waals surface area contributed by atoms with E-state index in [1.165, 1.54) is 6.08 Å². The summed E-state index contributed by atoms with van der Waals surface area (Å²) in [6, 6.07) is 9.57. The lowest BCUT2D eigenvalue weighted by atomic mass is 10.2. The van der Waals surface area contributed by atoms with Crippen LogP contribution in [0.15, 0.2) is 42.5 Å². The van der Waals surface area contributed by atoms with Crippen molar-refractivity contribution in [3.8, 4) is 0 Å². The number of aliphatic carboxylic acids is 1. The Morgan fingerprint density at radius 3 is 2.65 bits per heavy atom. The van der Waals surface area contributed by atoms with Crippen LogP contribution in [-0.4, -0.2) is 28.4 Å². The molecule has 0 unspecified atom stereocenters. The molecule has 0 heterocycles. The monoisotopic (exact) mass is 236 g/mol. The third kappa shape index (κ3) is 5.29. The molecule has 17 heavy (non-hydrogen) atoms. The van der Waals surface area contributed by atoms with Crippen LogP contribution >= 0.6 is 0 Å². The van der Waals surface area contributed by atoms with Gasteiger partial charge < -0.3 is 14.9 Å². The smallest absolute Gasteiger partial charge is 0.328 e. The predicted octanol–water partition coefficient (Wildman–Crippen LogP) is 1.59. The van der Waals surface area contributed by atoms with Gasteiger partial charge in [-0.15, -0.1) is 0 Å².